The molecule has 0 unspecified atom stereocenters. The van der Waals surface area contributed by atoms with Crippen LogP contribution < -0.4 is 5.73 Å². The maximum Gasteiger partial charge on any atom is 0.292 e. The van der Waals surface area contributed by atoms with Crippen LogP contribution in [0.2, 0.25) is 0 Å². The monoisotopic (exact) mass is 241 g/mol. The first-order valence-electron chi connectivity index (χ1n) is 4.50. The number of hydrogen-bond donors (Lipinski definition) is 1. The van der Waals surface area contributed by atoms with Gasteiger partial charge in [-0.05, 0) is 18.2 Å². The van der Waals surface area contributed by atoms with E-state index in [9.17, 15) is 8.42 Å². The second-order valence-electron chi connectivity index (χ2n) is 3.47. The van der Waals surface area contributed by atoms with Crippen molar-refractivity contribution in [1.29, 1.82) is 0 Å². The van der Waals surface area contributed by atoms with E-state index in [1.807, 2.05) is 0 Å². The second-order valence-corrected chi connectivity index (χ2v) is 5.62. The molecular formula is C9H11N3O3S. The van der Waals surface area contributed by atoms with E-state index in [2.05, 4.69) is 4.98 Å². The van der Waals surface area contributed by atoms with E-state index in [1.54, 1.807) is 0 Å². The van der Waals surface area contributed by atoms with Gasteiger partial charge >= 0.3 is 0 Å². The molecule has 2 N–H and O–H groups in total. The van der Waals surface area contributed by atoms with Gasteiger partial charge in [-0.15, -0.1) is 0 Å². The van der Waals surface area contributed by atoms with E-state index < -0.39 is 10.0 Å². The molecule has 7 heteroatoms. The van der Waals surface area contributed by atoms with E-state index in [0.29, 0.717) is 11.1 Å². The predicted octanol–water partition coefficient (Wildman–Crippen LogP) is 0.660. The zero-order chi connectivity index (χ0) is 11.9. The molecule has 1 aromatic carbocycles. The summed E-state index contributed by atoms with van der Waals surface area (Å²) in [6.07, 6.45) is 0. The number of benzene rings is 1. The van der Waals surface area contributed by atoms with Crippen LogP contribution in [0.25, 0.3) is 11.1 Å². The lowest BCUT2D eigenvalue weighted by atomic mass is 10.3. The van der Waals surface area contributed by atoms with Gasteiger partial charge in [0.05, 0.1) is 4.90 Å². The summed E-state index contributed by atoms with van der Waals surface area (Å²) in [5, 5.41) is 0. The molecule has 0 fully saturated rings. The first kappa shape index (κ1) is 10.9. The Morgan fingerprint density at radius 1 is 1.38 bits per heavy atom. The Morgan fingerprint density at radius 3 is 2.69 bits per heavy atom. The third-order valence-electron chi connectivity index (χ3n) is 2.15. The molecule has 0 spiro atoms. The van der Waals surface area contributed by atoms with Crippen molar-refractivity contribution in [3.8, 4) is 0 Å². The number of aromatic nitrogens is 1. The van der Waals surface area contributed by atoms with Crippen molar-refractivity contribution in [3.63, 3.8) is 0 Å². The van der Waals surface area contributed by atoms with Crippen molar-refractivity contribution >= 4 is 27.1 Å². The van der Waals surface area contributed by atoms with Crippen LogP contribution in [-0.4, -0.2) is 31.8 Å². The standard InChI is InChI=1S/C9H11N3O3S/c1-12(2)16(13,14)6-3-4-8-7(5-6)11-9(10)15-8/h3-5H,1-2H3,(H2,10,11). The molecule has 6 nitrogen and oxygen atoms in total. The van der Waals surface area contributed by atoms with Gasteiger partial charge in [-0.3, -0.25) is 0 Å². The molecule has 0 saturated carbocycles. The Morgan fingerprint density at radius 2 is 2.06 bits per heavy atom. The van der Waals surface area contributed by atoms with Gasteiger partial charge in [0, 0.05) is 14.1 Å². The summed E-state index contributed by atoms with van der Waals surface area (Å²) < 4.78 is 29.8. The Labute approximate surface area is 92.7 Å². The molecular weight excluding hydrogens is 230 g/mol. The number of nitrogen functional groups attached to an aromatic ring is 1. The first-order valence-corrected chi connectivity index (χ1v) is 5.94. The first-order chi connectivity index (χ1) is 7.41. The largest absolute Gasteiger partial charge is 0.424 e. The molecule has 0 radical (unpaired) electrons. The summed E-state index contributed by atoms with van der Waals surface area (Å²) in [6.45, 7) is 0. The summed E-state index contributed by atoms with van der Waals surface area (Å²) in [6, 6.07) is 4.46. The van der Waals surface area contributed by atoms with Crippen molar-refractivity contribution in [2.75, 3.05) is 19.8 Å². The maximum atomic E-state index is 11.8. The molecule has 0 amide bonds. The van der Waals surface area contributed by atoms with Crippen molar-refractivity contribution in [1.82, 2.24) is 9.29 Å². The molecule has 1 aromatic heterocycles. The SMILES string of the molecule is CN(C)S(=O)(=O)c1ccc2oc(N)nc2c1. The van der Waals surface area contributed by atoms with E-state index in [4.69, 9.17) is 10.2 Å². The van der Waals surface area contributed by atoms with Crippen LogP contribution in [0.1, 0.15) is 0 Å². The lowest BCUT2D eigenvalue weighted by molar-refractivity contribution is 0.521. The smallest absolute Gasteiger partial charge is 0.292 e. The number of nitrogens with zero attached hydrogens (tertiary/aromatic N) is 2. The van der Waals surface area contributed by atoms with E-state index >= 15 is 0 Å². The molecule has 2 aromatic rings. The van der Waals surface area contributed by atoms with E-state index in [-0.39, 0.29) is 10.9 Å². The van der Waals surface area contributed by atoms with Crippen molar-refractivity contribution < 1.29 is 12.8 Å². The van der Waals surface area contributed by atoms with Crippen molar-refractivity contribution in [3.05, 3.63) is 18.2 Å². The Balaban J connectivity index is 2.63. The third-order valence-corrected chi connectivity index (χ3v) is 3.97. The van der Waals surface area contributed by atoms with Gasteiger partial charge in [0.1, 0.15) is 5.52 Å². The summed E-state index contributed by atoms with van der Waals surface area (Å²) in [7, 11) is -0.510. The topological polar surface area (TPSA) is 89.4 Å². The zero-order valence-corrected chi connectivity index (χ0v) is 9.65. The number of hydrogen-bond acceptors (Lipinski definition) is 5. The average molecular weight is 241 g/mol. The van der Waals surface area contributed by atoms with E-state index in [0.717, 1.165) is 4.31 Å². The number of anilines is 1. The highest BCUT2D eigenvalue weighted by atomic mass is 32.2. The fourth-order valence-corrected chi connectivity index (χ4v) is 2.22. The van der Waals surface area contributed by atoms with Crippen LogP contribution >= 0.6 is 0 Å². The Kier molecular flexibility index (Phi) is 2.36. The highest BCUT2D eigenvalue weighted by Crippen LogP contribution is 2.21. The predicted molar refractivity (Wildman–Crippen MR) is 59.3 cm³/mol. The summed E-state index contributed by atoms with van der Waals surface area (Å²) >= 11 is 0. The molecule has 0 atom stereocenters. The van der Waals surface area contributed by atoms with Gasteiger partial charge in [0.2, 0.25) is 10.0 Å². The molecule has 2 rings (SSSR count). The molecule has 0 bridgehead atoms. The summed E-state index contributed by atoms with van der Waals surface area (Å²) in [4.78, 5) is 4.04. The van der Waals surface area contributed by atoms with Crippen molar-refractivity contribution in [2.24, 2.45) is 0 Å². The third kappa shape index (κ3) is 1.63. The lowest BCUT2D eigenvalue weighted by Gasteiger charge is -2.10. The number of fused-ring (bicyclic) bond motifs is 1. The average Bonchev–Trinajstić information content (AvgIpc) is 2.56. The number of nitrogens with two attached hydrogens (primary N) is 1. The molecule has 0 aliphatic rings. The van der Waals surface area contributed by atoms with E-state index in [1.165, 1.54) is 32.3 Å². The highest BCUT2D eigenvalue weighted by Gasteiger charge is 2.18. The minimum atomic E-state index is -3.45. The van der Waals surface area contributed by atoms with Gasteiger partial charge in [-0.25, -0.2) is 12.7 Å². The molecule has 1 heterocycles. The number of rotatable bonds is 2. The van der Waals surface area contributed by atoms with Gasteiger partial charge in [-0.2, -0.15) is 4.98 Å². The summed E-state index contributed by atoms with van der Waals surface area (Å²) in [5.41, 5.74) is 6.27. The van der Waals surface area contributed by atoms with Gasteiger partial charge in [0.15, 0.2) is 5.58 Å². The molecule has 16 heavy (non-hydrogen) atoms. The maximum absolute atomic E-state index is 11.8. The van der Waals surface area contributed by atoms with Crippen LogP contribution in [0.4, 0.5) is 6.01 Å². The number of sulfonamides is 1. The van der Waals surface area contributed by atoms with Crippen LogP contribution in [0.3, 0.4) is 0 Å². The highest BCUT2D eigenvalue weighted by molar-refractivity contribution is 7.89. The van der Waals surface area contributed by atoms with Crippen molar-refractivity contribution in [2.45, 2.75) is 4.90 Å². The fraction of sp³-hybridized carbons (Fsp3) is 0.222. The fourth-order valence-electron chi connectivity index (χ4n) is 1.30. The molecule has 86 valence electrons. The normalized spacial score (nSPS) is 12.4. The minimum Gasteiger partial charge on any atom is -0.424 e. The van der Waals surface area contributed by atoms with Crippen LogP contribution in [0, 0.1) is 0 Å². The minimum absolute atomic E-state index is 0.0226. The molecule has 0 saturated heterocycles. The van der Waals surface area contributed by atoms with Gasteiger partial charge in [0.25, 0.3) is 6.01 Å². The number of oxazole rings is 1. The summed E-state index contributed by atoms with van der Waals surface area (Å²) in [5.74, 6) is 0. The molecule has 0 aliphatic heterocycles. The van der Waals surface area contributed by atoms with Gasteiger partial charge < -0.3 is 10.2 Å². The Bertz CT molecular complexity index is 630. The van der Waals surface area contributed by atoms with Gasteiger partial charge in [-0.1, -0.05) is 0 Å². The Hall–Kier alpha value is -1.60. The lowest BCUT2D eigenvalue weighted by Crippen LogP contribution is -2.22. The molecule has 0 aliphatic carbocycles. The van der Waals surface area contributed by atoms with Crippen LogP contribution in [0.5, 0.6) is 0 Å². The second kappa shape index (κ2) is 3.46. The zero-order valence-electron chi connectivity index (χ0n) is 8.84. The van der Waals surface area contributed by atoms with Crippen LogP contribution in [0.15, 0.2) is 27.5 Å². The van der Waals surface area contributed by atoms with Crippen LogP contribution in [-0.2, 0) is 10.0 Å². The quantitative estimate of drug-likeness (QED) is 0.834.